The maximum absolute atomic E-state index is 12.7. The van der Waals surface area contributed by atoms with Crippen LogP contribution in [0, 0.1) is 0 Å². The lowest BCUT2D eigenvalue weighted by Crippen LogP contribution is -2.52. The molecule has 54 heavy (non-hydrogen) atoms. The normalized spacial score (nSPS) is 19.8. The Morgan fingerprint density at radius 1 is 0.685 bits per heavy atom. The zero-order valence-corrected chi connectivity index (χ0v) is 36.6. The van der Waals surface area contributed by atoms with Crippen molar-refractivity contribution < 1.29 is 51.7 Å². The predicted molar refractivity (Wildman–Crippen MR) is 211 cm³/mol. The van der Waals surface area contributed by atoms with Crippen molar-refractivity contribution in [1.82, 2.24) is 9.80 Å². The number of ether oxygens (including phenoxy) is 4. The summed E-state index contributed by atoms with van der Waals surface area (Å²) in [5.74, 6) is -0.562. The monoisotopic (exact) mass is 788 g/mol. The zero-order valence-electron chi connectivity index (χ0n) is 35.7. The van der Waals surface area contributed by atoms with Crippen LogP contribution in [-0.2, 0) is 42.1 Å². The van der Waals surface area contributed by atoms with Gasteiger partial charge in [-0.1, -0.05) is 77.2 Å². The first-order valence-corrected chi connectivity index (χ1v) is 21.4. The SMILES string of the molecule is CCCCCCCCCCCCCC=CC(=O)[C@@H]1COC(C)(C)N1C(=O)OC(C)(C)C.COP(=O)(CC(=O)[C@@H]1COC(C)(C)N1C(=O)OC(C)(C)C)OC. The summed E-state index contributed by atoms with van der Waals surface area (Å²) in [6.07, 6.45) is 17.3. The van der Waals surface area contributed by atoms with Crippen LogP contribution >= 0.6 is 7.60 Å². The fraction of sp³-hybridized carbons (Fsp3) is 0.850. The lowest BCUT2D eigenvalue weighted by Gasteiger charge is -2.34. The van der Waals surface area contributed by atoms with Gasteiger partial charge >= 0.3 is 19.8 Å². The van der Waals surface area contributed by atoms with Crippen molar-refractivity contribution in [3.63, 3.8) is 0 Å². The molecule has 2 atom stereocenters. The van der Waals surface area contributed by atoms with E-state index in [9.17, 15) is 23.7 Å². The molecule has 0 aromatic carbocycles. The molecule has 0 radical (unpaired) electrons. The minimum Gasteiger partial charge on any atom is -0.444 e. The van der Waals surface area contributed by atoms with Crippen LogP contribution in [0.25, 0.3) is 0 Å². The van der Waals surface area contributed by atoms with Gasteiger partial charge in [-0.25, -0.2) is 9.59 Å². The van der Waals surface area contributed by atoms with E-state index in [1.807, 2.05) is 26.8 Å². The van der Waals surface area contributed by atoms with Gasteiger partial charge < -0.3 is 28.0 Å². The molecule has 14 heteroatoms. The molecule has 0 saturated carbocycles. The average molecular weight is 789 g/mol. The number of nitrogens with zero attached hydrogens (tertiary/aromatic N) is 2. The highest BCUT2D eigenvalue weighted by Gasteiger charge is 2.50. The largest absolute Gasteiger partial charge is 0.444 e. The lowest BCUT2D eigenvalue weighted by molar-refractivity contribution is -0.122. The van der Waals surface area contributed by atoms with Crippen LogP contribution in [0.4, 0.5) is 9.59 Å². The van der Waals surface area contributed by atoms with E-state index in [2.05, 4.69) is 6.92 Å². The van der Waals surface area contributed by atoms with E-state index >= 15 is 0 Å². The van der Waals surface area contributed by atoms with E-state index in [1.165, 1.54) is 88.2 Å². The van der Waals surface area contributed by atoms with Crippen LogP contribution in [0.1, 0.15) is 153 Å². The van der Waals surface area contributed by atoms with Gasteiger partial charge in [0.1, 0.15) is 40.9 Å². The Balaban J connectivity index is 0.000000564. The second-order valence-electron chi connectivity index (χ2n) is 17.0. The Labute approximate surface area is 326 Å². The van der Waals surface area contributed by atoms with Gasteiger partial charge in [0.05, 0.1) is 13.2 Å². The van der Waals surface area contributed by atoms with Crippen molar-refractivity contribution in [2.45, 2.75) is 188 Å². The van der Waals surface area contributed by atoms with Crippen molar-refractivity contribution >= 4 is 31.3 Å². The van der Waals surface area contributed by atoms with Crippen LogP contribution in [0.5, 0.6) is 0 Å². The molecule has 0 unspecified atom stereocenters. The molecule has 0 bridgehead atoms. The summed E-state index contributed by atoms with van der Waals surface area (Å²) >= 11 is 0. The third-order valence-corrected chi connectivity index (χ3v) is 10.8. The van der Waals surface area contributed by atoms with Gasteiger partial charge in [0, 0.05) is 14.2 Å². The van der Waals surface area contributed by atoms with Gasteiger partial charge in [-0.15, -0.1) is 0 Å². The molecule has 314 valence electrons. The maximum atomic E-state index is 12.7. The molecular weight excluding hydrogens is 715 g/mol. The third-order valence-electron chi connectivity index (χ3n) is 9.02. The molecule has 2 amide bonds. The predicted octanol–water partition coefficient (Wildman–Crippen LogP) is 9.60. The molecule has 2 aliphatic heterocycles. The summed E-state index contributed by atoms with van der Waals surface area (Å²) in [6, 6.07) is -1.53. The molecule has 0 N–H and O–H groups in total. The van der Waals surface area contributed by atoms with Crippen LogP contribution in [0.2, 0.25) is 0 Å². The van der Waals surface area contributed by atoms with Gasteiger partial charge in [-0.3, -0.25) is 24.0 Å². The Hall–Kier alpha value is -2.31. The van der Waals surface area contributed by atoms with E-state index in [4.69, 9.17) is 28.0 Å². The Morgan fingerprint density at radius 2 is 1.07 bits per heavy atom. The molecule has 0 aromatic rings. The standard InChI is InChI=1S/C26H47NO4.C14H26NO7P/c1-7-8-9-10-11-12-13-14-15-16-17-18-19-20-23(28)22-21-30-26(5,6)27(22)24(29)31-25(2,3)4;1-13(2,3)22-12(17)15-10(8-21-14(15,4)5)11(16)9-23(18,19-6)20-7/h19-20,22H,7-18,21H2,1-6H3;10H,8-9H2,1-7H3/t22-;10-/m00/s1. The molecule has 0 spiro atoms. The lowest BCUT2D eigenvalue weighted by atomic mass is 10.0. The first kappa shape index (κ1) is 49.7. The molecule has 2 fully saturated rings. The number of carbonyl (C=O) groups is 4. The summed E-state index contributed by atoms with van der Waals surface area (Å²) in [5.41, 5.74) is -3.19. The molecule has 2 aliphatic rings. The van der Waals surface area contributed by atoms with Gasteiger partial charge in [-0.2, -0.15) is 0 Å². The second kappa shape index (κ2) is 22.4. The van der Waals surface area contributed by atoms with Crippen LogP contribution in [0.3, 0.4) is 0 Å². The third kappa shape index (κ3) is 17.7. The average Bonchev–Trinajstić information content (AvgIpc) is 3.56. The maximum Gasteiger partial charge on any atom is 0.413 e. The van der Waals surface area contributed by atoms with Gasteiger partial charge in [0.25, 0.3) is 0 Å². The minimum atomic E-state index is -3.51. The number of hydrogen-bond acceptors (Lipinski definition) is 11. The van der Waals surface area contributed by atoms with Crippen molar-refractivity contribution in [2.24, 2.45) is 0 Å². The van der Waals surface area contributed by atoms with Gasteiger partial charge in [0.15, 0.2) is 11.6 Å². The Morgan fingerprint density at radius 3 is 1.48 bits per heavy atom. The first-order valence-electron chi connectivity index (χ1n) is 19.7. The van der Waals surface area contributed by atoms with Crippen LogP contribution in [0.15, 0.2) is 12.2 Å². The topological polar surface area (TPSA) is 147 Å². The summed E-state index contributed by atoms with van der Waals surface area (Å²) in [7, 11) is -1.10. The quantitative estimate of drug-likeness (QED) is 0.0700. The Bertz CT molecular complexity index is 1260. The van der Waals surface area contributed by atoms with Gasteiger partial charge in [-0.05, 0) is 88.2 Å². The van der Waals surface area contributed by atoms with E-state index in [-0.39, 0.29) is 19.0 Å². The van der Waals surface area contributed by atoms with Crippen molar-refractivity contribution in [3.05, 3.63) is 12.2 Å². The number of rotatable bonds is 19. The fourth-order valence-electron chi connectivity index (χ4n) is 6.10. The first-order chi connectivity index (χ1) is 24.9. The fourth-order valence-corrected chi connectivity index (χ4v) is 7.10. The molecule has 13 nitrogen and oxygen atoms in total. The van der Waals surface area contributed by atoms with Gasteiger partial charge in [0.2, 0.25) is 0 Å². The van der Waals surface area contributed by atoms with Crippen LogP contribution < -0.4 is 0 Å². The van der Waals surface area contributed by atoms with Crippen LogP contribution in [-0.4, -0.2) is 102 Å². The summed E-state index contributed by atoms with van der Waals surface area (Å²) in [6.45, 7) is 20.0. The van der Waals surface area contributed by atoms with Crippen molar-refractivity contribution in [1.29, 1.82) is 0 Å². The number of unbranched alkanes of at least 4 members (excludes halogenated alkanes) is 11. The molecular formula is C40H73N2O11P. The highest BCUT2D eigenvalue weighted by Crippen LogP contribution is 2.47. The van der Waals surface area contributed by atoms with E-state index in [0.717, 1.165) is 12.8 Å². The minimum absolute atomic E-state index is 0.00148. The smallest absolute Gasteiger partial charge is 0.413 e. The van der Waals surface area contributed by atoms with Crippen molar-refractivity contribution in [3.8, 4) is 0 Å². The van der Waals surface area contributed by atoms with E-state index < -0.39 is 66.5 Å². The summed E-state index contributed by atoms with van der Waals surface area (Å²) in [5, 5.41) is 0. The summed E-state index contributed by atoms with van der Waals surface area (Å²) < 4.78 is 43.8. The Kier molecular flexibility index (Phi) is 20.7. The molecule has 0 aliphatic carbocycles. The molecule has 2 rings (SSSR count). The van der Waals surface area contributed by atoms with E-state index in [1.54, 1.807) is 54.5 Å². The number of hydrogen-bond donors (Lipinski definition) is 0. The second-order valence-corrected chi connectivity index (χ2v) is 19.2. The zero-order chi connectivity index (χ0) is 41.4. The summed E-state index contributed by atoms with van der Waals surface area (Å²) in [4.78, 5) is 52.9. The highest BCUT2D eigenvalue weighted by molar-refractivity contribution is 7.54. The van der Waals surface area contributed by atoms with Crippen molar-refractivity contribution in [2.75, 3.05) is 33.6 Å². The number of amides is 2. The highest BCUT2D eigenvalue weighted by atomic mass is 31.2. The molecule has 2 saturated heterocycles. The number of ketones is 2. The number of allylic oxidation sites excluding steroid dienone is 1. The molecule has 2 heterocycles. The van der Waals surface area contributed by atoms with E-state index in [0.29, 0.717) is 0 Å². The molecule has 0 aromatic heterocycles. The number of Topliss-reactive ketones (excluding diaryl/α,β-unsaturated/α-hetero) is 1. The number of carbonyl (C=O) groups excluding carboxylic acids is 4.